The summed E-state index contributed by atoms with van der Waals surface area (Å²) in [7, 11) is 1.66. The van der Waals surface area contributed by atoms with E-state index in [2.05, 4.69) is 42.8 Å². The van der Waals surface area contributed by atoms with Gasteiger partial charge in [-0.05, 0) is 84.9 Å². The van der Waals surface area contributed by atoms with Crippen LogP contribution in [0.2, 0.25) is 0 Å². The van der Waals surface area contributed by atoms with Gasteiger partial charge in [-0.15, -0.1) is 13.2 Å². The highest BCUT2D eigenvalue weighted by atomic mass is 19.4. The van der Waals surface area contributed by atoms with Crippen LogP contribution in [0.25, 0.3) is 33.0 Å². The van der Waals surface area contributed by atoms with Gasteiger partial charge in [0, 0.05) is 10.9 Å². The summed E-state index contributed by atoms with van der Waals surface area (Å²) in [4.78, 5) is 0. The highest BCUT2D eigenvalue weighted by Crippen LogP contribution is 2.41. The predicted octanol–water partition coefficient (Wildman–Crippen LogP) is 8.83. The first-order valence-corrected chi connectivity index (χ1v) is 12.9. The quantitative estimate of drug-likeness (QED) is 0.254. The van der Waals surface area contributed by atoms with Gasteiger partial charge in [0.1, 0.15) is 11.5 Å². The first kappa shape index (κ1) is 26.1. The maximum atomic E-state index is 12.5. The molecule has 1 aliphatic rings. The summed E-state index contributed by atoms with van der Waals surface area (Å²) in [5, 5.41) is 1.89. The first-order valence-electron chi connectivity index (χ1n) is 12.9. The molecule has 3 atom stereocenters. The molecule has 0 bridgehead atoms. The van der Waals surface area contributed by atoms with Crippen molar-refractivity contribution in [2.24, 2.45) is 5.92 Å². The standard InChI is InChI=1S/C32H31F3O3/c1-20-17-23(18-21(2)37-20)19-22-7-9-25(10-8-22)28-15-16-29-27(5-4-6-30(29)31(28)36-3)24-11-13-26(14-12-24)38-32(33,34)35/h4-16,20-21,23H,17-19H2,1-3H3/t20-,21+,23?. The molecule has 38 heavy (non-hydrogen) atoms. The van der Waals surface area contributed by atoms with E-state index >= 15 is 0 Å². The van der Waals surface area contributed by atoms with Crippen molar-refractivity contribution in [3.05, 3.63) is 84.4 Å². The molecule has 4 aromatic rings. The first-order chi connectivity index (χ1) is 18.2. The van der Waals surface area contributed by atoms with E-state index in [4.69, 9.17) is 9.47 Å². The van der Waals surface area contributed by atoms with Crippen LogP contribution < -0.4 is 9.47 Å². The Morgan fingerprint density at radius 2 is 1.39 bits per heavy atom. The van der Waals surface area contributed by atoms with Gasteiger partial charge in [-0.25, -0.2) is 0 Å². The zero-order valence-electron chi connectivity index (χ0n) is 21.7. The van der Waals surface area contributed by atoms with E-state index in [1.165, 1.54) is 17.7 Å². The molecule has 0 radical (unpaired) electrons. The molecule has 1 fully saturated rings. The third kappa shape index (κ3) is 5.81. The average molecular weight is 521 g/mol. The minimum absolute atomic E-state index is 0.245. The zero-order chi connectivity index (χ0) is 26.9. The number of methoxy groups -OCH3 is 1. The molecule has 0 amide bonds. The Labute approximate surface area is 221 Å². The van der Waals surface area contributed by atoms with Crippen LogP contribution in [-0.4, -0.2) is 25.7 Å². The van der Waals surface area contributed by atoms with Crippen LogP contribution in [0.1, 0.15) is 32.3 Å². The highest BCUT2D eigenvalue weighted by Gasteiger charge is 2.31. The molecule has 1 aliphatic heterocycles. The van der Waals surface area contributed by atoms with Crippen molar-refractivity contribution >= 4 is 10.8 Å². The maximum Gasteiger partial charge on any atom is 0.573 e. The minimum Gasteiger partial charge on any atom is -0.495 e. The lowest BCUT2D eigenvalue weighted by molar-refractivity contribution is -0.274. The van der Waals surface area contributed by atoms with Gasteiger partial charge in [-0.1, -0.05) is 60.7 Å². The fourth-order valence-corrected chi connectivity index (χ4v) is 5.73. The van der Waals surface area contributed by atoms with Crippen LogP contribution in [0, 0.1) is 5.92 Å². The number of hydrogen-bond donors (Lipinski definition) is 0. The Morgan fingerprint density at radius 3 is 2.03 bits per heavy atom. The van der Waals surface area contributed by atoms with Gasteiger partial charge in [-0.3, -0.25) is 0 Å². The smallest absolute Gasteiger partial charge is 0.495 e. The number of fused-ring (bicyclic) bond motifs is 1. The molecule has 5 rings (SSSR count). The fraction of sp³-hybridized carbons (Fsp3) is 0.312. The van der Waals surface area contributed by atoms with E-state index in [0.29, 0.717) is 18.1 Å². The predicted molar refractivity (Wildman–Crippen MR) is 144 cm³/mol. The van der Waals surface area contributed by atoms with Crippen LogP contribution in [0.4, 0.5) is 13.2 Å². The molecule has 0 aliphatic carbocycles. The summed E-state index contributed by atoms with van der Waals surface area (Å²) >= 11 is 0. The molecule has 4 aromatic carbocycles. The molecule has 0 spiro atoms. The van der Waals surface area contributed by atoms with Crippen LogP contribution >= 0.6 is 0 Å². The monoisotopic (exact) mass is 520 g/mol. The van der Waals surface area contributed by atoms with Gasteiger partial charge in [0.25, 0.3) is 0 Å². The number of rotatable bonds is 6. The van der Waals surface area contributed by atoms with Crippen molar-refractivity contribution in [2.45, 2.75) is 51.7 Å². The molecule has 1 saturated heterocycles. The average Bonchev–Trinajstić information content (AvgIpc) is 2.87. The summed E-state index contributed by atoms with van der Waals surface area (Å²) in [6.45, 7) is 4.31. The third-order valence-corrected chi connectivity index (χ3v) is 7.20. The Morgan fingerprint density at radius 1 is 0.763 bits per heavy atom. The number of halogens is 3. The summed E-state index contributed by atoms with van der Waals surface area (Å²) in [6.07, 6.45) is -0.883. The highest BCUT2D eigenvalue weighted by molar-refractivity contribution is 6.03. The van der Waals surface area contributed by atoms with E-state index in [0.717, 1.165) is 58.0 Å². The molecule has 6 heteroatoms. The van der Waals surface area contributed by atoms with E-state index < -0.39 is 6.36 Å². The Balaban J connectivity index is 1.42. The largest absolute Gasteiger partial charge is 0.573 e. The second-order valence-corrected chi connectivity index (χ2v) is 10.1. The van der Waals surface area contributed by atoms with Crippen LogP contribution in [0.15, 0.2) is 78.9 Å². The Bertz CT molecular complexity index is 1380. The SMILES string of the molecule is COc1c(-c2ccc(CC3C[C@@H](C)O[C@@H](C)C3)cc2)ccc2c(-c3ccc(OC(F)(F)F)cc3)cccc12. The van der Waals surface area contributed by atoms with Gasteiger partial charge < -0.3 is 14.2 Å². The second-order valence-electron chi connectivity index (χ2n) is 10.1. The number of ether oxygens (including phenoxy) is 3. The van der Waals surface area contributed by atoms with Gasteiger partial charge in [0.15, 0.2) is 0 Å². The van der Waals surface area contributed by atoms with Crippen LogP contribution in [0.5, 0.6) is 11.5 Å². The summed E-state index contributed by atoms with van der Waals surface area (Å²) < 4.78 is 53.4. The summed E-state index contributed by atoms with van der Waals surface area (Å²) in [5.41, 5.74) is 5.08. The summed E-state index contributed by atoms with van der Waals surface area (Å²) in [6, 6.07) is 24.6. The lowest BCUT2D eigenvalue weighted by atomic mass is 9.86. The van der Waals surface area contributed by atoms with Crippen LogP contribution in [-0.2, 0) is 11.2 Å². The second kappa shape index (κ2) is 10.7. The van der Waals surface area contributed by atoms with Crippen molar-refractivity contribution in [1.82, 2.24) is 0 Å². The minimum atomic E-state index is -4.72. The van der Waals surface area contributed by atoms with Crippen molar-refractivity contribution < 1.29 is 27.4 Å². The van der Waals surface area contributed by atoms with E-state index in [1.54, 1.807) is 19.2 Å². The van der Waals surface area contributed by atoms with Crippen molar-refractivity contribution in [2.75, 3.05) is 7.11 Å². The molecule has 0 saturated carbocycles. The van der Waals surface area contributed by atoms with Gasteiger partial charge in [0.2, 0.25) is 0 Å². The van der Waals surface area contributed by atoms with Crippen molar-refractivity contribution in [3.8, 4) is 33.8 Å². The molecule has 0 aromatic heterocycles. The lowest BCUT2D eigenvalue weighted by Gasteiger charge is -2.32. The van der Waals surface area contributed by atoms with Gasteiger partial charge in [-0.2, -0.15) is 0 Å². The van der Waals surface area contributed by atoms with Crippen molar-refractivity contribution in [1.29, 1.82) is 0 Å². The number of hydrogen-bond acceptors (Lipinski definition) is 3. The Hall–Kier alpha value is -3.51. The molecular weight excluding hydrogens is 489 g/mol. The van der Waals surface area contributed by atoms with E-state index in [-0.39, 0.29) is 5.75 Å². The topological polar surface area (TPSA) is 27.7 Å². The molecule has 198 valence electrons. The number of benzene rings is 4. The maximum absolute atomic E-state index is 12.5. The molecular formula is C32H31F3O3. The summed E-state index contributed by atoms with van der Waals surface area (Å²) in [5.74, 6) is 1.15. The molecule has 1 unspecified atom stereocenters. The zero-order valence-corrected chi connectivity index (χ0v) is 21.7. The molecule has 1 heterocycles. The van der Waals surface area contributed by atoms with Gasteiger partial charge in [0.05, 0.1) is 19.3 Å². The van der Waals surface area contributed by atoms with Crippen molar-refractivity contribution in [3.63, 3.8) is 0 Å². The van der Waals surface area contributed by atoms with Gasteiger partial charge >= 0.3 is 6.36 Å². The fourth-order valence-electron chi connectivity index (χ4n) is 5.73. The number of alkyl halides is 3. The third-order valence-electron chi connectivity index (χ3n) is 7.20. The van der Waals surface area contributed by atoms with E-state index in [1.807, 2.05) is 30.3 Å². The lowest BCUT2D eigenvalue weighted by Crippen LogP contribution is -2.30. The molecule has 0 N–H and O–H groups in total. The van der Waals surface area contributed by atoms with E-state index in [9.17, 15) is 13.2 Å². The normalized spacial score (nSPS) is 19.9. The van der Waals surface area contributed by atoms with Crippen LogP contribution in [0.3, 0.4) is 0 Å². The molecule has 3 nitrogen and oxygen atoms in total. The Kier molecular flexibility index (Phi) is 7.35.